The van der Waals surface area contributed by atoms with Crippen LogP contribution in [-0.4, -0.2) is 11.5 Å². The van der Waals surface area contributed by atoms with E-state index in [0.717, 1.165) is 29.6 Å². The highest BCUT2D eigenvalue weighted by Gasteiger charge is 2.09. The molecule has 0 bridgehead atoms. The van der Waals surface area contributed by atoms with Gasteiger partial charge in [0.1, 0.15) is 0 Å². The summed E-state index contributed by atoms with van der Waals surface area (Å²) in [4.78, 5) is 4.49. The summed E-state index contributed by atoms with van der Waals surface area (Å²) in [5.41, 5.74) is 2.46. The molecule has 0 saturated carbocycles. The van der Waals surface area contributed by atoms with Crippen molar-refractivity contribution in [3.8, 4) is 0 Å². The van der Waals surface area contributed by atoms with Crippen LogP contribution in [0.2, 0.25) is 0 Å². The molecule has 1 heterocycles. The van der Waals surface area contributed by atoms with E-state index in [9.17, 15) is 0 Å². The largest absolute Gasteiger partial charge is 0.310 e. The Morgan fingerprint density at radius 2 is 2.26 bits per heavy atom. The molecule has 19 heavy (non-hydrogen) atoms. The van der Waals surface area contributed by atoms with Crippen LogP contribution in [-0.2, 0) is 6.42 Å². The Kier molecular flexibility index (Phi) is 5.55. The smallest absolute Gasteiger partial charge is 0.0940 e. The predicted octanol–water partition coefficient (Wildman–Crippen LogP) is 4.50. The molecule has 1 N–H and O–H groups in total. The molecule has 0 aliphatic heterocycles. The van der Waals surface area contributed by atoms with Crippen molar-refractivity contribution < 1.29 is 0 Å². The molecule has 0 amide bonds. The first-order valence-corrected chi connectivity index (χ1v) is 8.26. The summed E-state index contributed by atoms with van der Waals surface area (Å²) >= 11 is 5.28. The minimum absolute atomic E-state index is 0.415. The van der Waals surface area contributed by atoms with Crippen LogP contribution in [0.1, 0.15) is 35.7 Å². The van der Waals surface area contributed by atoms with Gasteiger partial charge in [-0.1, -0.05) is 35.0 Å². The third-order valence-electron chi connectivity index (χ3n) is 3.06. The molecule has 0 spiro atoms. The molecule has 2 aromatic rings. The lowest BCUT2D eigenvalue weighted by Crippen LogP contribution is -2.23. The van der Waals surface area contributed by atoms with E-state index < -0.39 is 0 Å². The van der Waals surface area contributed by atoms with Crippen LogP contribution in [0.3, 0.4) is 0 Å². The number of nitrogens with one attached hydrogen (secondary N) is 1. The molecule has 1 unspecified atom stereocenters. The zero-order valence-corrected chi connectivity index (χ0v) is 13.7. The lowest BCUT2D eigenvalue weighted by molar-refractivity contribution is 0.522. The summed E-state index contributed by atoms with van der Waals surface area (Å²) in [7, 11) is 0. The average molecular weight is 339 g/mol. The highest BCUT2D eigenvalue weighted by molar-refractivity contribution is 9.10. The highest BCUT2D eigenvalue weighted by atomic mass is 79.9. The first kappa shape index (κ1) is 14.7. The SMILES string of the molecule is CCC(NCCc1nc(C)cs1)c1cccc(Br)c1. The number of aryl methyl sites for hydroxylation is 1. The fourth-order valence-corrected chi connectivity index (χ4v) is 3.28. The van der Waals surface area contributed by atoms with Crippen molar-refractivity contribution in [2.45, 2.75) is 32.7 Å². The molecular formula is C15H19BrN2S. The van der Waals surface area contributed by atoms with Crippen molar-refractivity contribution in [1.29, 1.82) is 0 Å². The summed E-state index contributed by atoms with van der Waals surface area (Å²) in [6, 6.07) is 8.94. The van der Waals surface area contributed by atoms with Crippen LogP contribution in [0.15, 0.2) is 34.1 Å². The van der Waals surface area contributed by atoms with Crippen LogP contribution in [0.4, 0.5) is 0 Å². The fourth-order valence-electron chi connectivity index (χ4n) is 2.09. The Bertz CT molecular complexity index is 524. The van der Waals surface area contributed by atoms with Crippen molar-refractivity contribution in [3.05, 3.63) is 50.4 Å². The predicted molar refractivity (Wildman–Crippen MR) is 85.7 cm³/mol. The number of hydrogen-bond donors (Lipinski definition) is 1. The van der Waals surface area contributed by atoms with Gasteiger partial charge in [0.15, 0.2) is 0 Å². The maximum atomic E-state index is 4.49. The number of hydrogen-bond acceptors (Lipinski definition) is 3. The minimum Gasteiger partial charge on any atom is -0.310 e. The van der Waals surface area contributed by atoms with E-state index in [-0.39, 0.29) is 0 Å². The van der Waals surface area contributed by atoms with E-state index in [4.69, 9.17) is 0 Å². The lowest BCUT2D eigenvalue weighted by atomic mass is 10.0. The van der Waals surface area contributed by atoms with E-state index >= 15 is 0 Å². The van der Waals surface area contributed by atoms with Crippen molar-refractivity contribution in [3.63, 3.8) is 0 Å². The third-order valence-corrected chi connectivity index (χ3v) is 4.58. The molecule has 2 rings (SSSR count). The molecule has 0 radical (unpaired) electrons. The van der Waals surface area contributed by atoms with Crippen LogP contribution in [0, 0.1) is 6.92 Å². The second kappa shape index (κ2) is 7.17. The first-order valence-electron chi connectivity index (χ1n) is 6.59. The van der Waals surface area contributed by atoms with Crippen molar-refractivity contribution in [2.24, 2.45) is 0 Å². The Morgan fingerprint density at radius 1 is 1.42 bits per heavy atom. The Labute approximate surface area is 127 Å². The highest BCUT2D eigenvalue weighted by Crippen LogP contribution is 2.20. The quantitative estimate of drug-likeness (QED) is 0.838. The zero-order chi connectivity index (χ0) is 13.7. The van der Waals surface area contributed by atoms with Gasteiger partial charge in [-0.05, 0) is 31.0 Å². The Balaban J connectivity index is 1.89. The van der Waals surface area contributed by atoms with Gasteiger partial charge in [0, 0.05) is 34.6 Å². The molecule has 1 atom stereocenters. The fraction of sp³-hybridized carbons (Fsp3) is 0.400. The summed E-state index contributed by atoms with van der Waals surface area (Å²) in [6.45, 7) is 5.23. The molecule has 1 aromatic carbocycles. The van der Waals surface area contributed by atoms with Crippen LogP contribution in [0.25, 0.3) is 0 Å². The number of halogens is 1. The Morgan fingerprint density at radius 3 is 2.89 bits per heavy atom. The normalized spacial score (nSPS) is 12.6. The van der Waals surface area contributed by atoms with Gasteiger partial charge in [-0.3, -0.25) is 0 Å². The van der Waals surface area contributed by atoms with E-state index in [2.05, 4.69) is 62.8 Å². The monoisotopic (exact) mass is 338 g/mol. The second-order valence-electron chi connectivity index (χ2n) is 4.60. The molecule has 2 nitrogen and oxygen atoms in total. The minimum atomic E-state index is 0.415. The van der Waals surface area contributed by atoms with Crippen molar-refractivity contribution in [1.82, 2.24) is 10.3 Å². The second-order valence-corrected chi connectivity index (χ2v) is 6.46. The lowest BCUT2D eigenvalue weighted by Gasteiger charge is -2.17. The summed E-state index contributed by atoms with van der Waals surface area (Å²) in [6.07, 6.45) is 2.09. The Hall–Kier alpha value is -0.710. The molecule has 0 aliphatic rings. The van der Waals surface area contributed by atoms with Gasteiger partial charge < -0.3 is 5.32 Å². The molecule has 0 aliphatic carbocycles. The third kappa shape index (κ3) is 4.41. The van der Waals surface area contributed by atoms with Gasteiger partial charge in [-0.15, -0.1) is 11.3 Å². The number of aromatic nitrogens is 1. The van der Waals surface area contributed by atoms with E-state index in [1.807, 2.05) is 6.92 Å². The maximum Gasteiger partial charge on any atom is 0.0940 e. The number of rotatable bonds is 6. The molecule has 0 saturated heterocycles. The molecule has 4 heteroatoms. The number of thiazole rings is 1. The maximum absolute atomic E-state index is 4.49. The van der Waals surface area contributed by atoms with Gasteiger partial charge in [0.2, 0.25) is 0 Å². The van der Waals surface area contributed by atoms with Gasteiger partial charge in [0.05, 0.1) is 5.01 Å². The summed E-state index contributed by atoms with van der Waals surface area (Å²) in [5, 5.41) is 6.95. The topological polar surface area (TPSA) is 24.9 Å². The van der Waals surface area contributed by atoms with E-state index in [0.29, 0.717) is 6.04 Å². The van der Waals surface area contributed by atoms with Gasteiger partial charge in [-0.2, -0.15) is 0 Å². The summed E-state index contributed by atoms with van der Waals surface area (Å²) in [5.74, 6) is 0. The standard InChI is InChI=1S/C15H19BrN2S/c1-3-14(12-5-4-6-13(16)9-12)17-8-7-15-18-11(2)10-19-15/h4-6,9-10,14,17H,3,7-8H2,1-2H3. The first-order chi connectivity index (χ1) is 9.19. The van der Waals surface area contributed by atoms with E-state index in [1.165, 1.54) is 10.6 Å². The number of benzene rings is 1. The van der Waals surface area contributed by atoms with Crippen molar-refractivity contribution >= 4 is 27.3 Å². The molecule has 0 fully saturated rings. The molecular weight excluding hydrogens is 320 g/mol. The average Bonchev–Trinajstić information content (AvgIpc) is 2.80. The van der Waals surface area contributed by atoms with Crippen LogP contribution >= 0.6 is 27.3 Å². The summed E-state index contributed by atoms with van der Waals surface area (Å²) < 4.78 is 1.14. The van der Waals surface area contributed by atoms with Crippen LogP contribution < -0.4 is 5.32 Å². The van der Waals surface area contributed by atoms with E-state index in [1.54, 1.807) is 11.3 Å². The van der Waals surface area contributed by atoms with Crippen molar-refractivity contribution in [2.75, 3.05) is 6.54 Å². The zero-order valence-electron chi connectivity index (χ0n) is 11.3. The van der Waals surface area contributed by atoms with Gasteiger partial charge >= 0.3 is 0 Å². The number of nitrogens with zero attached hydrogens (tertiary/aromatic N) is 1. The molecule has 102 valence electrons. The molecule has 1 aromatic heterocycles. The van der Waals surface area contributed by atoms with Gasteiger partial charge in [-0.25, -0.2) is 4.98 Å². The van der Waals surface area contributed by atoms with Gasteiger partial charge in [0.25, 0.3) is 0 Å². The van der Waals surface area contributed by atoms with Crippen LogP contribution in [0.5, 0.6) is 0 Å².